The zero-order valence-corrected chi connectivity index (χ0v) is 18.6. The van der Waals surface area contributed by atoms with Crippen LogP contribution in [0.4, 0.5) is 18.9 Å². The number of likely N-dealkylation sites (N-methyl/N-ethyl adjacent to an activating group) is 1. The number of hydrogen-bond acceptors (Lipinski definition) is 3. The Labute approximate surface area is 180 Å². The van der Waals surface area contributed by atoms with Gasteiger partial charge in [-0.2, -0.15) is 13.2 Å². The maximum Gasteiger partial charge on any atom is 0.416 e. The van der Waals surface area contributed by atoms with Crippen LogP contribution in [0.25, 0.3) is 0 Å². The first-order valence-corrected chi connectivity index (χ1v) is 8.88. The van der Waals surface area contributed by atoms with Crippen LogP contribution in [0.5, 0.6) is 0 Å². The van der Waals surface area contributed by atoms with Crippen molar-refractivity contribution in [2.24, 2.45) is 4.99 Å². The van der Waals surface area contributed by atoms with Crippen LogP contribution in [0.15, 0.2) is 29.3 Å². The van der Waals surface area contributed by atoms with E-state index in [1.165, 1.54) is 17.0 Å². The van der Waals surface area contributed by atoms with Crippen molar-refractivity contribution in [2.45, 2.75) is 13.1 Å². The molecule has 2 rings (SSSR count). The highest BCUT2D eigenvalue weighted by atomic mass is 127. The topological polar surface area (TPSA) is 51.2 Å². The fourth-order valence-electron chi connectivity index (χ4n) is 2.75. The Morgan fingerprint density at radius 3 is 2.18 bits per heavy atom. The number of carbonyl (C=O) groups is 1. The molecule has 0 unspecified atom stereocenters. The van der Waals surface area contributed by atoms with E-state index in [2.05, 4.69) is 15.2 Å². The summed E-state index contributed by atoms with van der Waals surface area (Å²) in [5.41, 5.74) is 0.129. The summed E-state index contributed by atoms with van der Waals surface area (Å²) in [6.07, 6.45) is -4.32. The van der Waals surface area contributed by atoms with Crippen LogP contribution in [0, 0.1) is 0 Å². The number of alkyl halides is 3. The molecule has 1 N–H and O–H groups in total. The van der Waals surface area contributed by atoms with Crippen molar-refractivity contribution in [1.82, 2.24) is 15.1 Å². The third kappa shape index (κ3) is 6.71. The first-order valence-electron chi connectivity index (χ1n) is 8.88. The average molecular weight is 513 g/mol. The SMILES string of the molecule is CCNC(=NCC(=O)N(C)C)N1CCN(c2ccc(C(F)(F)F)cc2)CC1.I. The van der Waals surface area contributed by atoms with E-state index in [4.69, 9.17) is 0 Å². The van der Waals surface area contributed by atoms with E-state index in [0.717, 1.165) is 17.8 Å². The summed E-state index contributed by atoms with van der Waals surface area (Å²) in [5.74, 6) is 0.605. The lowest BCUT2D eigenvalue weighted by atomic mass is 10.1. The van der Waals surface area contributed by atoms with Gasteiger partial charge in [-0.15, -0.1) is 24.0 Å². The largest absolute Gasteiger partial charge is 0.416 e. The van der Waals surface area contributed by atoms with Crippen LogP contribution in [0.3, 0.4) is 0 Å². The molecule has 0 bridgehead atoms. The number of hydrogen-bond donors (Lipinski definition) is 1. The Morgan fingerprint density at radius 1 is 1.14 bits per heavy atom. The lowest BCUT2D eigenvalue weighted by Crippen LogP contribution is -2.52. The molecule has 6 nitrogen and oxygen atoms in total. The van der Waals surface area contributed by atoms with Gasteiger partial charge in [-0.1, -0.05) is 0 Å². The van der Waals surface area contributed by atoms with E-state index in [0.29, 0.717) is 38.7 Å². The van der Waals surface area contributed by atoms with Crippen LogP contribution in [0.2, 0.25) is 0 Å². The summed E-state index contributed by atoms with van der Waals surface area (Å²) >= 11 is 0. The molecular weight excluding hydrogens is 486 g/mol. The number of halogens is 4. The smallest absolute Gasteiger partial charge is 0.368 e. The van der Waals surface area contributed by atoms with Gasteiger partial charge in [-0.25, -0.2) is 4.99 Å². The van der Waals surface area contributed by atoms with E-state index in [9.17, 15) is 18.0 Å². The zero-order chi connectivity index (χ0) is 20.0. The Morgan fingerprint density at radius 2 is 1.71 bits per heavy atom. The van der Waals surface area contributed by atoms with E-state index >= 15 is 0 Å². The number of benzene rings is 1. The lowest BCUT2D eigenvalue weighted by Gasteiger charge is -2.37. The van der Waals surface area contributed by atoms with Gasteiger partial charge in [0.2, 0.25) is 5.91 Å². The molecule has 10 heteroatoms. The predicted octanol–water partition coefficient (Wildman–Crippen LogP) is 2.50. The Hall–Kier alpha value is -1.72. The molecular formula is C18H27F3IN5O. The number of anilines is 1. The number of nitrogens with zero attached hydrogens (tertiary/aromatic N) is 4. The minimum Gasteiger partial charge on any atom is -0.368 e. The maximum absolute atomic E-state index is 12.7. The van der Waals surface area contributed by atoms with E-state index in [1.807, 2.05) is 11.8 Å². The number of guanidine groups is 1. The molecule has 1 aliphatic heterocycles. The highest BCUT2D eigenvalue weighted by molar-refractivity contribution is 14.0. The third-order valence-corrected chi connectivity index (χ3v) is 4.34. The van der Waals surface area contributed by atoms with Gasteiger partial charge in [0.25, 0.3) is 0 Å². The van der Waals surface area contributed by atoms with Gasteiger partial charge in [0.1, 0.15) is 6.54 Å². The number of amides is 1. The minimum atomic E-state index is -4.32. The van der Waals surface area contributed by atoms with E-state index in [-0.39, 0.29) is 36.4 Å². The van der Waals surface area contributed by atoms with Crippen molar-refractivity contribution in [3.05, 3.63) is 29.8 Å². The minimum absolute atomic E-state index is 0. The van der Waals surface area contributed by atoms with Crippen LogP contribution >= 0.6 is 24.0 Å². The molecule has 1 saturated heterocycles. The van der Waals surface area contributed by atoms with Crippen LogP contribution < -0.4 is 10.2 Å². The van der Waals surface area contributed by atoms with Crippen molar-refractivity contribution >= 4 is 41.5 Å². The number of nitrogens with one attached hydrogen (secondary N) is 1. The summed E-state index contributed by atoms with van der Waals surface area (Å²) in [6.45, 7) is 5.39. The molecule has 1 aromatic carbocycles. The van der Waals surface area contributed by atoms with Gasteiger partial charge in [0, 0.05) is 52.5 Å². The standard InChI is InChI=1S/C18H26F3N5O.HI/c1-4-22-17(23-13-16(27)24(2)3)26-11-9-25(10-12-26)15-7-5-14(6-8-15)18(19,20)21;/h5-8H,4,9-13H2,1-3H3,(H,22,23);1H. The third-order valence-electron chi connectivity index (χ3n) is 4.34. The average Bonchev–Trinajstić information content (AvgIpc) is 2.64. The Kier molecular flexibility index (Phi) is 9.31. The van der Waals surface area contributed by atoms with Gasteiger partial charge in [0.05, 0.1) is 5.56 Å². The molecule has 1 aliphatic rings. The molecule has 1 aromatic rings. The molecule has 0 saturated carbocycles. The lowest BCUT2D eigenvalue weighted by molar-refractivity contribution is -0.137. The summed E-state index contributed by atoms with van der Waals surface area (Å²) < 4.78 is 38.1. The molecule has 1 amide bonds. The molecule has 158 valence electrons. The van der Waals surface area contributed by atoms with Crippen molar-refractivity contribution in [2.75, 3.05) is 58.3 Å². The van der Waals surface area contributed by atoms with Crippen LogP contribution in [-0.4, -0.2) is 75.0 Å². The first-order chi connectivity index (χ1) is 12.7. The summed E-state index contributed by atoms with van der Waals surface area (Å²) in [4.78, 5) is 21.8. The fourth-order valence-corrected chi connectivity index (χ4v) is 2.75. The van der Waals surface area contributed by atoms with Gasteiger partial charge in [-0.3, -0.25) is 4.79 Å². The Balaban J connectivity index is 0.00000392. The normalized spacial score (nSPS) is 15.1. The first kappa shape index (κ1) is 24.3. The molecule has 1 heterocycles. The van der Waals surface area contributed by atoms with Gasteiger partial charge in [-0.05, 0) is 31.2 Å². The summed E-state index contributed by atoms with van der Waals surface area (Å²) in [6, 6.07) is 5.24. The second-order valence-electron chi connectivity index (χ2n) is 6.48. The Bertz CT molecular complexity index is 656. The molecule has 0 aromatic heterocycles. The van der Waals surface area contributed by atoms with E-state index in [1.54, 1.807) is 14.1 Å². The summed E-state index contributed by atoms with van der Waals surface area (Å²) in [5, 5.41) is 3.19. The maximum atomic E-state index is 12.7. The molecule has 0 atom stereocenters. The number of aliphatic imine (C=N–C) groups is 1. The molecule has 0 radical (unpaired) electrons. The molecule has 28 heavy (non-hydrogen) atoms. The monoisotopic (exact) mass is 513 g/mol. The zero-order valence-electron chi connectivity index (χ0n) is 16.3. The number of piperazine rings is 1. The van der Waals surface area contributed by atoms with Crippen molar-refractivity contribution < 1.29 is 18.0 Å². The fraction of sp³-hybridized carbons (Fsp3) is 0.556. The number of carbonyl (C=O) groups excluding carboxylic acids is 1. The second-order valence-corrected chi connectivity index (χ2v) is 6.48. The van der Waals surface area contributed by atoms with Crippen molar-refractivity contribution in [3.8, 4) is 0 Å². The van der Waals surface area contributed by atoms with Crippen molar-refractivity contribution in [1.29, 1.82) is 0 Å². The van der Waals surface area contributed by atoms with Gasteiger partial charge >= 0.3 is 6.18 Å². The molecule has 0 aliphatic carbocycles. The predicted molar refractivity (Wildman–Crippen MR) is 115 cm³/mol. The summed E-state index contributed by atoms with van der Waals surface area (Å²) in [7, 11) is 3.38. The molecule has 1 fully saturated rings. The second kappa shape index (κ2) is 10.7. The van der Waals surface area contributed by atoms with Gasteiger partial charge < -0.3 is 20.0 Å². The van der Waals surface area contributed by atoms with Gasteiger partial charge in [0.15, 0.2) is 5.96 Å². The van der Waals surface area contributed by atoms with Crippen LogP contribution in [0.1, 0.15) is 12.5 Å². The van der Waals surface area contributed by atoms with Crippen molar-refractivity contribution in [3.63, 3.8) is 0 Å². The number of rotatable bonds is 4. The quantitative estimate of drug-likeness (QED) is 0.382. The highest BCUT2D eigenvalue weighted by Gasteiger charge is 2.30. The van der Waals surface area contributed by atoms with E-state index < -0.39 is 11.7 Å². The highest BCUT2D eigenvalue weighted by Crippen LogP contribution is 2.30. The van der Waals surface area contributed by atoms with Crippen LogP contribution in [-0.2, 0) is 11.0 Å². The molecule has 0 spiro atoms.